The Morgan fingerprint density at radius 3 is 2.10 bits per heavy atom. The monoisotopic (exact) mass is 376 g/mol. The van der Waals surface area contributed by atoms with Gasteiger partial charge in [0, 0.05) is 15.8 Å². The third-order valence-electron chi connectivity index (χ3n) is 3.40. The summed E-state index contributed by atoms with van der Waals surface area (Å²) in [5, 5.41) is 1.92. The van der Waals surface area contributed by atoms with Gasteiger partial charge in [0.2, 0.25) is 0 Å². The maximum atomic E-state index is 12.5. The van der Waals surface area contributed by atoms with E-state index in [0.29, 0.717) is 0 Å². The molecular weight excluding hydrogens is 356 g/mol. The highest BCUT2D eigenvalue weighted by Crippen LogP contribution is 2.38. The van der Waals surface area contributed by atoms with Crippen molar-refractivity contribution >= 4 is 39.2 Å². The molecule has 1 aromatic rings. The van der Waals surface area contributed by atoms with E-state index in [4.69, 9.17) is 9.47 Å². The lowest BCUT2D eigenvalue weighted by molar-refractivity contribution is -0.175. The first-order valence-corrected chi connectivity index (χ1v) is 8.63. The summed E-state index contributed by atoms with van der Waals surface area (Å²) in [5.74, 6) is -1.26. The number of rotatable bonds is 7. The van der Waals surface area contributed by atoms with E-state index in [1.54, 1.807) is 13.8 Å². The van der Waals surface area contributed by atoms with Gasteiger partial charge in [0.05, 0.1) is 13.2 Å². The SMILES string of the molecule is CCOC(=O)C(Cc1sccc1Br)(C(=O)OCC)C(C)C. The van der Waals surface area contributed by atoms with Gasteiger partial charge in [-0.05, 0) is 47.1 Å². The Kier molecular flexibility index (Phi) is 6.87. The molecule has 118 valence electrons. The van der Waals surface area contributed by atoms with Crippen molar-refractivity contribution in [3.05, 3.63) is 20.8 Å². The highest BCUT2D eigenvalue weighted by atomic mass is 79.9. The number of halogens is 1. The second kappa shape index (κ2) is 7.94. The van der Waals surface area contributed by atoms with Gasteiger partial charge in [0.25, 0.3) is 0 Å². The second-order valence-corrected chi connectivity index (χ2v) is 6.79. The molecule has 0 aliphatic carbocycles. The average molecular weight is 377 g/mol. The fourth-order valence-electron chi connectivity index (χ4n) is 2.13. The minimum atomic E-state index is -1.31. The molecule has 0 N–H and O–H groups in total. The summed E-state index contributed by atoms with van der Waals surface area (Å²) in [7, 11) is 0. The topological polar surface area (TPSA) is 52.6 Å². The Morgan fingerprint density at radius 1 is 1.24 bits per heavy atom. The first kappa shape index (κ1) is 18.2. The summed E-state index contributed by atoms with van der Waals surface area (Å²) in [4.78, 5) is 26.0. The van der Waals surface area contributed by atoms with Crippen LogP contribution in [0.5, 0.6) is 0 Å². The standard InChI is InChI=1S/C15H21BrO4S/c1-5-19-13(17)15(10(3)4,14(18)20-6-2)9-12-11(16)7-8-21-12/h7-8,10H,5-6,9H2,1-4H3. The van der Waals surface area contributed by atoms with Crippen LogP contribution in [0.1, 0.15) is 32.6 Å². The Hall–Kier alpha value is -0.880. The number of ether oxygens (including phenoxy) is 2. The third-order valence-corrected chi connectivity index (χ3v) is 5.32. The number of carbonyl (C=O) groups excluding carboxylic acids is 2. The zero-order valence-corrected chi connectivity index (χ0v) is 15.2. The van der Waals surface area contributed by atoms with Crippen LogP contribution in [0.2, 0.25) is 0 Å². The number of hydrogen-bond acceptors (Lipinski definition) is 5. The van der Waals surface area contributed by atoms with E-state index in [1.165, 1.54) is 11.3 Å². The molecular formula is C15H21BrO4S. The van der Waals surface area contributed by atoms with Crippen molar-refractivity contribution in [2.45, 2.75) is 34.1 Å². The van der Waals surface area contributed by atoms with Crippen molar-refractivity contribution in [3.63, 3.8) is 0 Å². The molecule has 0 saturated heterocycles. The minimum Gasteiger partial charge on any atom is -0.465 e. The summed E-state index contributed by atoms with van der Waals surface area (Å²) in [5.41, 5.74) is -1.31. The summed E-state index contributed by atoms with van der Waals surface area (Å²) in [6.07, 6.45) is 0.278. The van der Waals surface area contributed by atoms with E-state index < -0.39 is 17.4 Å². The van der Waals surface area contributed by atoms with Crippen LogP contribution < -0.4 is 0 Å². The van der Waals surface area contributed by atoms with Crippen LogP contribution in [0, 0.1) is 11.3 Å². The predicted octanol–water partition coefficient (Wildman–Crippen LogP) is 3.82. The first-order valence-electron chi connectivity index (χ1n) is 6.96. The molecule has 0 aliphatic heterocycles. The zero-order chi connectivity index (χ0) is 16.0. The van der Waals surface area contributed by atoms with Gasteiger partial charge < -0.3 is 9.47 Å². The number of thiophene rings is 1. The van der Waals surface area contributed by atoms with Crippen molar-refractivity contribution in [1.82, 2.24) is 0 Å². The van der Waals surface area contributed by atoms with Gasteiger partial charge in [-0.15, -0.1) is 11.3 Å². The molecule has 0 saturated carbocycles. The molecule has 0 atom stereocenters. The smallest absolute Gasteiger partial charge is 0.324 e. The Balaban J connectivity index is 3.26. The minimum absolute atomic E-state index is 0.232. The van der Waals surface area contributed by atoms with Gasteiger partial charge in [-0.2, -0.15) is 0 Å². The molecule has 0 unspecified atom stereocenters. The van der Waals surface area contributed by atoms with Crippen LogP contribution in [-0.2, 0) is 25.5 Å². The van der Waals surface area contributed by atoms with Crippen molar-refractivity contribution in [3.8, 4) is 0 Å². The predicted molar refractivity (Wildman–Crippen MR) is 86.3 cm³/mol. The quantitative estimate of drug-likeness (QED) is 0.536. The number of carbonyl (C=O) groups is 2. The van der Waals surface area contributed by atoms with Crippen LogP contribution in [0.25, 0.3) is 0 Å². The molecule has 0 aromatic carbocycles. The van der Waals surface area contributed by atoms with Gasteiger partial charge in [0.15, 0.2) is 5.41 Å². The zero-order valence-electron chi connectivity index (χ0n) is 12.8. The molecule has 0 bridgehead atoms. The summed E-state index contributed by atoms with van der Waals surface area (Å²) in [6.45, 7) is 7.62. The molecule has 6 heteroatoms. The maximum absolute atomic E-state index is 12.5. The maximum Gasteiger partial charge on any atom is 0.324 e. The molecule has 0 aliphatic rings. The van der Waals surface area contributed by atoms with E-state index in [2.05, 4.69) is 15.9 Å². The van der Waals surface area contributed by atoms with E-state index in [0.717, 1.165) is 9.35 Å². The molecule has 0 fully saturated rings. The van der Waals surface area contributed by atoms with E-state index in [1.807, 2.05) is 25.3 Å². The van der Waals surface area contributed by atoms with Gasteiger partial charge in [0.1, 0.15) is 0 Å². The summed E-state index contributed by atoms with van der Waals surface area (Å²) < 4.78 is 11.2. The van der Waals surface area contributed by atoms with Crippen molar-refractivity contribution < 1.29 is 19.1 Å². The first-order chi connectivity index (χ1) is 9.90. The molecule has 21 heavy (non-hydrogen) atoms. The van der Waals surface area contributed by atoms with Crippen LogP contribution in [0.15, 0.2) is 15.9 Å². The van der Waals surface area contributed by atoms with Crippen LogP contribution >= 0.6 is 27.3 Å². The van der Waals surface area contributed by atoms with Crippen molar-refractivity contribution in [1.29, 1.82) is 0 Å². The highest BCUT2D eigenvalue weighted by Gasteiger charge is 2.52. The van der Waals surface area contributed by atoms with Gasteiger partial charge >= 0.3 is 11.9 Å². The van der Waals surface area contributed by atoms with E-state index in [-0.39, 0.29) is 25.6 Å². The van der Waals surface area contributed by atoms with Crippen molar-refractivity contribution in [2.75, 3.05) is 13.2 Å². The van der Waals surface area contributed by atoms with Gasteiger partial charge in [-0.3, -0.25) is 9.59 Å². The number of hydrogen-bond donors (Lipinski definition) is 0. The van der Waals surface area contributed by atoms with Crippen LogP contribution in [0.4, 0.5) is 0 Å². The summed E-state index contributed by atoms with van der Waals surface area (Å²) in [6, 6.07) is 1.90. The normalized spacial score (nSPS) is 11.5. The molecule has 4 nitrogen and oxygen atoms in total. The number of esters is 2. The lowest BCUT2D eigenvalue weighted by Gasteiger charge is -2.32. The molecule has 1 rings (SSSR count). The molecule has 0 amide bonds. The molecule has 0 spiro atoms. The fraction of sp³-hybridized carbons (Fsp3) is 0.600. The molecule has 1 aromatic heterocycles. The Bertz CT molecular complexity index is 478. The second-order valence-electron chi connectivity index (χ2n) is 4.94. The van der Waals surface area contributed by atoms with E-state index in [9.17, 15) is 9.59 Å². The van der Waals surface area contributed by atoms with Gasteiger partial charge in [-0.25, -0.2) is 0 Å². The fourth-order valence-corrected chi connectivity index (χ4v) is 3.72. The molecule has 0 radical (unpaired) electrons. The van der Waals surface area contributed by atoms with Crippen molar-refractivity contribution in [2.24, 2.45) is 11.3 Å². The molecule has 1 heterocycles. The third kappa shape index (κ3) is 3.86. The Morgan fingerprint density at radius 2 is 1.76 bits per heavy atom. The van der Waals surface area contributed by atoms with Crippen LogP contribution in [0.3, 0.4) is 0 Å². The Labute approximate surface area is 138 Å². The summed E-state index contributed by atoms with van der Waals surface area (Å²) >= 11 is 4.95. The van der Waals surface area contributed by atoms with Crippen LogP contribution in [-0.4, -0.2) is 25.2 Å². The van der Waals surface area contributed by atoms with E-state index >= 15 is 0 Å². The lowest BCUT2D eigenvalue weighted by Crippen LogP contribution is -2.48. The average Bonchev–Trinajstić information content (AvgIpc) is 2.81. The largest absolute Gasteiger partial charge is 0.465 e. The van der Waals surface area contributed by atoms with Gasteiger partial charge in [-0.1, -0.05) is 13.8 Å². The highest BCUT2D eigenvalue weighted by molar-refractivity contribution is 9.10. The lowest BCUT2D eigenvalue weighted by atomic mass is 9.74.